The van der Waals surface area contributed by atoms with Gasteiger partial charge in [0.15, 0.2) is 5.54 Å². The third kappa shape index (κ3) is 2.02. The predicted octanol–water partition coefficient (Wildman–Crippen LogP) is 3.44. The second-order valence-corrected chi connectivity index (χ2v) is 6.15. The molecule has 0 fully saturated rings. The molecule has 0 amide bonds. The Bertz CT molecular complexity index is 1000. The molecule has 3 heterocycles. The molecule has 0 saturated carbocycles. The van der Waals surface area contributed by atoms with Gasteiger partial charge in [-0.05, 0) is 29.8 Å². The molecule has 5 rings (SSSR count). The molecule has 2 aliphatic heterocycles. The van der Waals surface area contributed by atoms with Crippen LogP contribution >= 0.6 is 0 Å². The van der Waals surface area contributed by atoms with Gasteiger partial charge >= 0.3 is 0 Å². The summed E-state index contributed by atoms with van der Waals surface area (Å²) in [5, 5.41) is 0. The van der Waals surface area contributed by atoms with Crippen LogP contribution < -0.4 is 10.5 Å². The van der Waals surface area contributed by atoms with E-state index in [4.69, 9.17) is 15.2 Å². The molecule has 0 aliphatic carbocycles. The van der Waals surface area contributed by atoms with Crippen LogP contribution in [0.25, 0.3) is 11.1 Å². The summed E-state index contributed by atoms with van der Waals surface area (Å²) in [6, 6.07) is 18.1. The van der Waals surface area contributed by atoms with Crippen LogP contribution in [0.4, 0.5) is 0 Å². The predicted molar refractivity (Wildman–Crippen MR) is 94.5 cm³/mol. The largest absolute Gasteiger partial charge is 0.462 e. The van der Waals surface area contributed by atoms with Crippen molar-refractivity contribution in [2.75, 3.05) is 6.61 Å². The quantitative estimate of drug-likeness (QED) is 0.742. The molecule has 1 atom stereocenters. The van der Waals surface area contributed by atoms with E-state index in [0.29, 0.717) is 6.61 Å². The number of fused-ring (bicyclic) bond motifs is 4. The molecule has 2 aromatic carbocycles. The maximum absolute atomic E-state index is 6.11. The van der Waals surface area contributed by atoms with Gasteiger partial charge in [-0.1, -0.05) is 30.3 Å². The first-order valence-corrected chi connectivity index (χ1v) is 8.07. The maximum Gasteiger partial charge on any atom is 0.283 e. The summed E-state index contributed by atoms with van der Waals surface area (Å²) in [7, 11) is 0. The Morgan fingerprint density at radius 3 is 2.60 bits per heavy atom. The number of aromatic nitrogens is 1. The van der Waals surface area contributed by atoms with Crippen molar-refractivity contribution in [1.82, 2.24) is 4.98 Å². The van der Waals surface area contributed by atoms with E-state index in [-0.39, 0.29) is 6.02 Å². The monoisotopic (exact) mass is 329 g/mol. The minimum atomic E-state index is -0.674. The van der Waals surface area contributed by atoms with Crippen LogP contribution in [0.15, 0.2) is 72.0 Å². The number of aliphatic imine (C=N–C) groups is 1. The van der Waals surface area contributed by atoms with Crippen molar-refractivity contribution in [3.05, 3.63) is 78.1 Å². The molecule has 2 aliphatic rings. The van der Waals surface area contributed by atoms with E-state index >= 15 is 0 Å². The summed E-state index contributed by atoms with van der Waals surface area (Å²) in [6.07, 6.45) is 3.60. The lowest BCUT2D eigenvalue weighted by Gasteiger charge is -2.33. The topological polar surface area (TPSA) is 69.7 Å². The molecule has 1 unspecified atom stereocenters. The molecule has 1 aromatic heterocycles. The molecular weight excluding hydrogens is 314 g/mol. The van der Waals surface area contributed by atoms with E-state index < -0.39 is 5.54 Å². The fraction of sp³-hybridized carbons (Fsp3) is 0.100. The number of benzene rings is 2. The second-order valence-electron chi connectivity index (χ2n) is 6.15. The zero-order valence-corrected chi connectivity index (χ0v) is 13.3. The van der Waals surface area contributed by atoms with Gasteiger partial charge in [0.2, 0.25) is 0 Å². The highest BCUT2D eigenvalue weighted by Gasteiger charge is 2.46. The Kier molecular flexibility index (Phi) is 2.85. The van der Waals surface area contributed by atoms with E-state index in [1.165, 1.54) is 0 Å². The number of para-hydroxylation sites is 1. The molecule has 5 heteroatoms. The van der Waals surface area contributed by atoms with Gasteiger partial charge in [-0.3, -0.25) is 4.98 Å². The molecule has 122 valence electrons. The second kappa shape index (κ2) is 5.08. The molecule has 0 bridgehead atoms. The molecule has 3 aromatic rings. The zero-order valence-electron chi connectivity index (χ0n) is 13.3. The minimum Gasteiger partial charge on any atom is -0.462 e. The van der Waals surface area contributed by atoms with E-state index in [1.54, 1.807) is 6.20 Å². The lowest BCUT2D eigenvalue weighted by molar-refractivity contribution is 0.264. The highest BCUT2D eigenvalue weighted by Crippen LogP contribution is 2.51. The van der Waals surface area contributed by atoms with Gasteiger partial charge in [0.25, 0.3) is 6.02 Å². The number of nitrogens with zero attached hydrogens (tertiary/aromatic N) is 2. The number of nitrogens with two attached hydrogens (primary N) is 1. The Morgan fingerprint density at radius 2 is 1.80 bits per heavy atom. The molecular formula is C20H15N3O2. The van der Waals surface area contributed by atoms with Gasteiger partial charge in [-0.15, -0.1) is 0 Å². The summed E-state index contributed by atoms with van der Waals surface area (Å²) >= 11 is 0. The lowest BCUT2D eigenvalue weighted by Crippen LogP contribution is -2.31. The number of rotatable bonds is 1. The Hall–Kier alpha value is -3.34. The van der Waals surface area contributed by atoms with Crippen LogP contribution in [0.2, 0.25) is 0 Å². The molecule has 1 spiro atoms. The highest BCUT2D eigenvalue weighted by atomic mass is 16.5. The average molecular weight is 329 g/mol. The standard InChI is InChI=1S/C20H15N3O2/c21-19-23-20(12-24-19)15-5-1-2-6-17(15)25-18-8-7-13(10-16(18)20)14-4-3-9-22-11-14/h1-11H,12H2,(H2,21,23). The van der Waals surface area contributed by atoms with E-state index in [9.17, 15) is 0 Å². The van der Waals surface area contributed by atoms with E-state index in [2.05, 4.69) is 16.0 Å². The highest BCUT2D eigenvalue weighted by molar-refractivity contribution is 5.77. The van der Waals surface area contributed by atoms with E-state index in [1.807, 2.05) is 54.7 Å². The Balaban J connectivity index is 1.75. The first-order chi connectivity index (χ1) is 12.3. The maximum atomic E-state index is 6.11. The fourth-order valence-electron chi connectivity index (χ4n) is 3.52. The van der Waals surface area contributed by atoms with Crippen molar-refractivity contribution in [3.8, 4) is 22.6 Å². The smallest absolute Gasteiger partial charge is 0.283 e. The van der Waals surface area contributed by atoms with Crippen molar-refractivity contribution in [1.29, 1.82) is 0 Å². The van der Waals surface area contributed by atoms with Crippen molar-refractivity contribution in [2.24, 2.45) is 10.7 Å². The first kappa shape index (κ1) is 14.0. The van der Waals surface area contributed by atoms with Crippen LogP contribution in [-0.2, 0) is 10.3 Å². The van der Waals surface area contributed by atoms with Crippen LogP contribution in [-0.4, -0.2) is 17.6 Å². The normalized spacial score (nSPS) is 20.2. The summed E-state index contributed by atoms with van der Waals surface area (Å²) < 4.78 is 11.7. The summed E-state index contributed by atoms with van der Waals surface area (Å²) in [5.74, 6) is 1.56. The Morgan fingerprint density at radius 1 is 0.920 bits per heavy atom. The number of ether oxygens (including phenoxy) is 2. The van der Waals surface area contributed by atoms with Crippen LogP contribution in [0, 0.1) is 0 Å². The number of hydrogen-bond donors (Lipinski definition) is 1. The van der Waals surface area contributed by atoms with Gasteiger partial charge in [0.1, 0.15) is 18.1 Å². The van der Waals surface area contributed by atoms with Crippen LogP contribution in [0.1, 0.15) is 11.1 Å². The van der Waals surface area contributed by atoms with Crippen molar-refractivity contribution in [2.45, 2.75) is 5.54 Å². The number of amidine groups is 1. The van der Waals surface area contributed by atoms with Crippen LogP contribution in [0.5, 0.6) is 11.5 Å². The number of hydrogen-bond acceptors (Lipinski definition) is 5. The molecule has 2 N–H and O–H groups in total. The van der Waals surface area contributed by atoms with Crippen molar-refractivity contribution < 1.29 is 9.47 Å². The van der Waals surface area contributed by atoms with Crippen LogP contribution in [0.3, 0.4) is 0 Å². The van der Waals surface area contributed by atoms with Gasteiger partial charge in [-0.25, -0.2) is 4.99 Å². The van der Waals surface area contributed by atoms with Gasteiger partial charge in [0, 0.05) is 29.1 Å². The summed E-state index contributed by atoms with van der Waals surface area (Å²) in [4.78, 5) is 8.88. The third-order valence-corrected chi connectivity index (χ3v) is 4.70. The molecule has 0 radical (unpaired) electrons. The van der Waals surface area contributed by atoms with Crippen molar-refractivity contribution >= 4 is 6.02 Å². The molecule has 5 nitrogen and oxygen atoms in total. The molecule has 0 saturated heterocycles. The van der Waals surface area contributed by atoms with Gasteiger partial charge in [0.05, 0.1) is 0 Å². The van der Waals surface area contributed by atoms with Gasteiger partial charge in [-0.2, -0.15) is 0 Å². The lowest BCUT2D eigenvalue weighted by atomic mass is 9.80. The zero-order chi connectivity index (χ0) is 16.9. The van der Waals surface area contributed by atoms with Gasteiger partial charge < -0.3 is 15.2 Å². The minimum absolute atomic E-state index is 0.203. The molecule has 25 heavy (non-hydrogen) atoms. The third-order valence-electron chi connectivity index (χ3n) is 4.70. The summed E-state index contributed by atoms with van der Waals surface area (Å²) in [6.45, 7) is 0.364. The van der Waals surface area contributed by atoms with E-state index in [0.717, 1.165) is 33.8 Å². The van der Waals surface area contributed by atoms with Crippen molar-refractivity contribution in [3.63, 3.8) is 0 Å². The number of pyridine rings is 1. The first-order valence-electron chi connectivity index (χ1n) is 8.07. The average Bonchev–Trinajstić information content (AvgIpc) is 3.05. The fourth-order valence-corrected chi connectivity index (χ4v) is 3.52. The SMILES string of the molecule is NC1=NC2(CO1)c1ccccc1Oc1ccc(-c3cccnc3)cc12. The summed E-state index contributed by atoms with van der Waals surface area (Å²) in [5.41, 5.74) is 9.21. The Labute approximate surface area is 144 Å².